The number of nitrogens with one attached hydrogen (secondary N) is 2. The first-order valence-corrected chi connectivity index (χ1v) is 8.88. The van der Waals surface area contributed by atoms with E-state index in [1.807, 2.05) is 18.2 Å². The van der Waals surface area contributed by atoms with Gasteiger partial charge in [0.2, 0.25) is 0 Å². The van der Waals surface area contributed by atoms with Crippen molar-refractivity contribution < 1.29 is 9.13 Å². The summed E-state index contributed by atoms with van der Waals surface area (Å²) in [7, 11) is 0. The van der Waals surface area contributed by atoms with Crippen LogP contribution in [0.15, 0.2) is 42.5 Å². The van der Waals surface area contributed by atoms with Crippen molar-refractivity contribution in [3.8, 4) is 5.75 Å². The zero-order valence-electron chi connectivity index (χ0n) is 14.6. The van der Waals surface area contributed by atoms with Gasteiger partial charge in [-0.05, 0) is 53.8 Å². The first-order chi connectivity index (χ1) is 12.1. The SMILES string of the molecule is CC(C)COc1ccc(C2NCCc3c2[nH]c2ccc(F)cc32)cc1. The summed E-state index contributed by atoms with van der Waals surface area (Å²) in [5, 5.41) is 4.57. The third-order valence-electron chi connectivity index (χ3n) is 4.71. The van der Waals surface area contributed by atoms with Gasteiger partial charge in [0, 0.05) is 23.1 Å². The van der Waals surface area contributed by atoms with Crippen LogP contribution in [-0.2, 0) is 6.42 Å². The Morgan fingerprint density at radius 2 is 1.96 bits per heavy atom. The predicted molar refractivity (Wildman–Crippen MR) is 98.6 cm³/mol. The highest BCUT2D eigenvalue weighted by molar-refractivity contribution is 5.85. The van der Waals surface area contributed by atoms with Crippen LogP contribution in [0.4, 0.5) is 4.39 Å². The van der Waals surface area contributed by atoms with E-state index < -0.39 is 0 Å². The second-order valence-electron chi connectivity index (χ2n) is 7.12. The second-order valence-corrected chi connectivity index (χ2v) is 7.12. The number of hydrogen-bond acceptors (Lipinski definition) is 2. The lowest BCUT2D eigenvalue weighted by atomic mass is 9.94. The van der Waals surface area contributed by atoms with Crippen LogP contribution >= 0.6 is 0 Å². The summed E-state index contributed by atoms with van der Waals surface area (Å²) < 4.78 is 19.4. The largest absolute Gasteiger partial charge is 0.493 e. The van der Waals surface area contributed by atoms with Crippen LogP contribution in [0.1, 0.15) is 36.7 Å². The molecule has 0 saturated carbocycles. The topological polar surface area (TPSA) is 37.0 Å². The molecule has 4 rings (SSSR count). The maximum absolute atomic E-state index is 13.6. The van der Waals surface area contributed by atoms with E-state index in [0.29, 0.717) is 5.92 Å². The van der Waals surface area contributed by atoms with Gasteiger partial charge >= 0.3 is 0 Å². The van der Waals surface area contributed by atoms with Crippen LogP contribution in [-0.4, -0.2) is 18.1 Å². The summed E-state index contributed by atoms with van der Waals surface area (Å²) >= 11 is 0. The molecule has 0 fully saturated rings. The molecule has 130 valence electrons. The quantitative estimate of drug-likeness (QED) is 0.731. The molecule has 1 aromatic heterocycles. The van der Waals surface area contributed by atoms with E-state index in [0.717, 1.165) is 41.9 Å². The Balaban J connectivity index is 1.65. The number of rotatable bonds is 4. The average molecular weight is 338 g/mol. The number of benzene rings is 2. The third kappa shape index (κ3) is 3.14. The van der Waals surface area contributed by atoms with Gasteiger partial charge < -0.3 is 15.0 Å². The minimum Gasteiger partial charge on any atom is -0.493 e. The highest BCUT2D eigenvalue weighted by atomic mass is 19.1. The molecule has 1 atom stereocenters. The molecule has 0 saturated heterocycles. The van der Waals surface area contributed by atoms with Crippen LogP contribution in [0, 0.1) is 11.7 Å². The van der Waals surface area contributed by atoms with Gasteiger partial charge in [0.15, 0.2) is 0 Å². The van der Waals surface area contributed by atoms with Gasteiger partial charge in [0.1, 0.15) is 11.6 Å². The number of halogens is 1. The zero-order chi connectivity index (χ0) is 17.4. The summed E-state index contributed by atoms with van der Waals surface area (Å²) in [5.41, 5.74) is 4.54. The van der Waals surface area contributed by atoms with Gasteiger partial charge in [-0.25, -0.2) is 4.39 Å². The molecule has 0 amide bonds. The lowest BCUT2D eigenvalue weighted by Crippen LogP contribution is -2.30. The summed E-state index contributed by atoms with van der Waals surface area (Å²) in [6.45, 7) is 5.88. The Kier molecular flexibility index (Phi) is 4.22. The molecule has 2 heterocycles. The van der Waals surface area contributed by atoms with Crippen LogP contribution in [0.2, 0.25) is 0 Å². The van der Waals surface area contributed by atoms with E-state index in [4.69, 9.17) is 4.74 Å². The summed E-state index contributed by atoms with van der Waals surface area (Å²) in [4.78, 5) is 3.49. The molecule has 0 aliphatic carbocycles. The van der Waals surface area contributed by atoms with E-state index in [1.165, 1.54) is 17.2 Å². The Bertz CT molecular complexity index is 883. The molecule has 1 aliphatic rings. The lowest BCUT2D eigenvalue weighted by molar-refractivity contribution is 0.271. The van der Waals surface area contributed by atoms with E-state index in [9.17, 15) is 4.39 Å². The molecule has 1 aliphatic heterocycles. The molecule has 3 nitrogen and oxygen atoms in total. The Labute approximate surface area is 147 Å². The first-order valence-electron chi connectivity index (χ1n) is 8.88. The standard InChI is InChI=1S/C21H23FN2O/c1-13(2)12-25-16-6-3-14(4-7-16)20-21-17(9-10-23-20)18-11-15(22)5-8-19(18)24-21/h3-8,11,13,20,23-24H,9-10,12H2,1-2H3. The zero-order valence-corrected chi connectivity index (χ0v) is 14.6. The highest BCUT2D eigenvalue weighted by Gasteiger charge is 2.25. The van der Waals surface area contributed by atoms with Crippen LogP contribution < -0.4 is 10.1 Å². The molecule has 2 N–H and O–H groups in total. The summed E-state index contributed by atoms with van der Waals surface area (Å²) in [6, 6.07) is 13.3. The molecular weight excluding hydrogens is 315 g/mol. The van der Waals surface area contributed by atoms with Gasteiger partial charge in [0.05, 0.1) is 12.6 Å². The molecule has 0 bridgehead atoms. The molecular formula is C21H23FN2O. The number of H-pyrrole nitrogens is 1. The summed E-state index contributed by atoms with van der Waals surface area (Å²) in [6.07, 6.45) is 0.908. The van der Waals surface area contributed by atoms with Gasteiger partial charge in [-0.1, -0.05) is 26.0 Å². The number of aromatic amines is 1. The lowest BCUT2D eigenvalue weighted by Gasteiger charge is -2.25. The number of ether oxygens (including phenoxy) is 1. The van der Waals surface area contributed by atoms with Crippen molar-refractivity contribution in [2.75, 3.05) is 13.2 Å². The maximum atomic E-state index is 13.6. The van der Waals surface area contributed by atoms with Gasteiger partial charge in [-0.15, -0.1) is 0 Å². The minimum atomic E-state index is -0.184. The number of aromatic nitrogens is 1. The first kappa shape index (κ1) is 16.2. The van der Waals surface area contributed by atoms with Crippen molar-refractivity contribution in [3.63, 3.8) is 0 Å². The van der Waals surface area contributed by atoms with Crippen molar-refractivity contribution in [3.05, 3.63) is 65.1 Å². The van der Waals surface area contributed by atoms with Crippen molar-refractivity contribution in [2.24, 2.45) is 5.92 Å². The van der Waals surface area contributed by atoms with Crippen LogP contribution in [0.5, 0.6) is 5.75 Å². The minimum absolute atomic E-state index is 0.0957. The Morgan fingerprint density at radius 3 is 2.72 bits per heavy atom. The highest BCUT2D eigenvalue weighted by Crippen LogP contribution is 2.34. The van der Waals surface area contributed by atoms with Crippen molar-refractivity contribution >= 4 is 10.9 Å². The fourth-order valence-corrected chi connectivity index (χ4v) is 3.50. The summed E-state index contributed by atoms with van der Waals surface area (Å²) in [5.74, 6) is 1.22. The third-order valence-corrected chi connectivity index (χ3v) is 4.71. The van der Waals surface area contributed by atoms with Crippen molar-refractivity contribution in [2.45, 2.75) is 26.3 Å². The predicted octanol–water partition coefficient (Wildman–Crippen LogP) is 4.58. The number of hydrogen-bond donors (Lipinski definition) is 2. The maximum Gasteiger partial charge on any atom is 0.123 e. The molecule has 0 radical (unpaired) electrons. The Morgan fingerprint density at radius 1 is 1.16 bits per heavy atom. The normalized spacial score (nSPS) is 17.0. The molecule has 0 spiro atoms. The van der Waals surface area contributed by atoms with E-state index >= 15 is 0 Å². The van der Waals surface area contributed by atoms with Crippen LogP contribution in [0.25, 0.3) is 10.9 Å². The van der Waals surface area contributed by atoms with Gasteiger partial charge in [0.25, 0.3) is 0 Å². The Hall–Kier alpha value is -2.33. The van der Waals surface area contributed by atoms with Gasteiger partial charge in [-0.2, -0.15) is 0 Å². The average Bonchev–Trinajstić information content (AvgIpc) is 2.98. The molecule has 25 heavy (non-hydrogen) atoms. The fourth-order valence-electron chi connectivity index (χ4n) is 3.50. The smallest absolute Gasteiger partial charge is 0.123 e. The monoisotopic (exact) mass is 338 g/mol. The number of fused-ring (bicyclic) bond motifs is 3. The van der Waals surface area contributed by atoms with E-state index in [2.05, 4.69) is 36.3 Å². The second kappa shape index (κ2) is 6.52. The van der Waals surface area contributed by atoms with Crippen molar-refractivity contribution in [1.29, 1.82) is 0 Å². The van der Waals surface area contributed by atoms with E-state index in [1.54, 1.807) is 6.07 Å². The van der Waals surface area contributed by atoms with Crippen LogP contribution in [0.3, 0.4) is 0 Å². The molecule has 4 heteroatoms. The molecule has 3 aromatic rings. The molecule has 1 unspecified atom stereocenters. The fraction of sp³-hybridized carbons (Fsp3) is 0.333. The van der Waals surface area contributed by atoms with Crippen molar-refractivity contribution in [1.82, 2.24) is 10.3 Å². The van der Waals surface area contributed by atoms with E-state index in [-0.39, 0.29) is 11.9 Å². The molecule has 2 aromatic carbocycles. The van der Waals surface area contributed by atoms with Gasteiger partial charge in [-0.3, -0.25) is 0 Å².